The minimum Gasteiger partial charge on any atom is -0.344 e. The van der Waals surface area contributed by atoms with Gasteiger partial charge in [-0.1, -0.05) is 79.9 Å². The largest absolute Gasteiger partial charge is 0.344 e. The number of hydrogen-bond acceptors (Lipinski definition) is 2. The number of nitrogens with zero attached hydrogens (tertiary/aromatic N) is 1. The molecule has 2 unspecified atom stereocenters. The highest BCUT2D eigenvalue weighted by Crippen LogP contribution is 2.27. The van der Waals surface area contributed by atoms with Crippen molar-refractivity contribution in [2.75, 3.05) is 13.6 Å². The topological polar surface area (TPSA) is 32.3 Å². The highest BCUT2D eigenvalue weighted by Gasteiger charge is 2.27. The van der Waals surface area contributed by atoms with E-state index in [2.05, 4.69) is 38.0 Å². The van der Waals surface area contributed by atoms with Crippen molar-refractivity contribution in [3.63, 3.8) is 0 Å². The zero-order valence-corrected chi connectivity index (χ0v) is 17.9. The minimum absolute atomic E-state index is 0.103. The van der Waals surface area contributed by atoms with Gasteiger partial charge in [-0.25, -0.2) is 0 Å². The van der Waals surface area contributed by atoms with Gasteiger partial charge in [-0.05, 0) is 37.6 Å². The lowest BCUT2D eigenvalue weighted by Crippen LogP contribution is -2.44. The van der Waals surface area contributed by atoms with Gasteiger partial charge in [0.1, 0.15) is 0 Å². The van der Waals surface area contributed by atoms with Crippen molar-refractivity contribution >= 4 is 29.1 Å². The van der Waals surface area contributed by atoms with Crippen LogP contribution in [0.2, 0.25) is 10.0 Å². The van der Waals surface area contributed by atoms with Crippen LogP contribution in [-0.2, 0) is 0 Å². The maximum Gasteiger partial charge on any atom is 0.254 e. The fourth-order valence-corrected chi connectivity index (χ4v) is 3.68. The third-order valence-corrected chi connectivity index (χ3v) is 5.74. The SMILES string of the molecule is CCC(C)CN(C)C(C)[C@H](NC(=O)c1c(Cl)cccc1Cl)c1ccccc1. The van der Waals surface area contributed by atoms with E-state index in [4.69, 9.17) is 23.2 Å². The van der Waals surface area contributed by atoms with E-state index in [-0.39, 0.29) is 18.0 Å². The Balaban J connectivity index is 2.29. The van der Waals surface area contributed by atoms with E-state index >= 15 is 0 Å². The van der Waals surface area contributed by atoms with Crippen LogP contribution in [0.4, 0.5) is 0 Å². The molecule has 5 heteroatoms. The average molecular weight is 407 g/mol. The van der Waals surface area contributed by atoms with Crippen LogP contribution in [0, 0.1) is 5.92 Å². The fraction of sp³-hybridized carbons (Fsp3) is 0.409. The summed E-state index contributed by atoms with van der Waals surface area (Å²) in [5.41, 5.74) is 1.37. The van der Waals surface area contributed by atoms with Gasteiger partial charge in [-0.15, -0.1) is 0 Å². The highest BCUT2D eigenvalue weighted by atomic mass is 35.5. The number of carbonyl (C=O) groups excluding carboxylic acids is 1. The molecule has 2 rings (SSSR count). The Bertz CT molecular complexity index is 731. The fourth-order valence-electron chi connectivity index (χ4n) is 3.11. The summed E-state index contributed by atoms with van der Waals surface area (Å²) in [4.78, 5) is 15.3. The van der Waals surface area contributed by atoms with Crippen LogP contribution in [0.15, 0.2) is 48.5 Å². The van der Waals surface area contributed by atoms with Gasteiger partial charge in [0, 0.05) is 12.6 Å². The second-order valence-corrected chi connectivity index (χ2v) is 7.97. The first-order valence-corrected chi connectivity index (χ1v) is 10.1. The summed E-state index contributed by atoms with van der Waals surface area (Å²) in [6.45, 7) is 7.53. The maximum atomic E-state index is 13.0. The third-order valence-electron chi connectivity index (χ3n) is 5.11. The molecule has 146 valence electrons. The van der Waals surface area contributed by atoms with Crippen LogP contribution in [0.1, 0.15) is 49.2 Å². The average Bonchev–Trinajstić information content (AvgIpc) is 2.65. The molecule has 2 aromatic carbocycles. The Hall–Kier alpha value is -1.55. The molecule has 0 bridgehead atoms. The summed E-state index contributed by atoms with van der Waals surface area (Å²) in [6, 6.07) is 15.0. The molecule has 3 atom stereocenters. The van der Waals surface area contributed by atoms with Gasteiger partial charge < -0.3 is 10.2 Å². The number of benzene rings is 2. The first kappa shape index (κ1) is 21.7. The van der Waals surface area contributed by atoms with Gasteiger partial charge in [0.05, 0.1) is 21.7 Å². The zero-order valence-electron chi connectivity index (χ0n) is 16.4. The Labute approximate surface area is 172 Å². The molecule has 2 aromatic rings. The molecular formula is C22H28Cl2N2O. The Morgan fingerprint density at radius 1 is 1.04 bits per heavy atom. The number of nitrogens with one attached hydrogen (secondary N) is 1. The quantitative estimate of drug-likeness (QED) is 0.597. The van der Waals surface area contributed by atoms with Crippen molar-refractivity contribution < 1.29 is 4.79 Å². The molecule has 1 amide bonds. The van der Waals surface area contributed by atoms with E-state index in [0.29, 0.717) is 21.5 Å². The molecule has 0 spiro atoms. The van der Waals surface area contributed by atoms with Crippen molar-refractivity contribution in [3.05, 3.63) is 69.7 Å². The van der Waals surface area contributed by atoms with E-state index in [1.807, 2.05) is 30.3 Å². The summed E-state index contributed by atoms with van der Waals surface area (Å²) in [6.07, 6.45) is 1.12. The predicted octanol–water partition coefficient (Wildman–Crippen LogP) is 5.83. The van der Waals surface area contributed by atoms with Crippen LogP contribution >= 0.6 is 23.2 Å². The molecule has 0 saturated carbocycles. The van der Waals surface area contributed by atoms with Crippen molar-refractivity contribution in [3.8, 4) is 0 Å². The molecule has 0 aromatic heterocycles. The van der Waals surface area contributed by atoms with Crippen LogP contribution in [0.5, 0.6) is 0 Å². The van der Waals surface area contributed by atoms with E-state index < -0.39 is 0 Å². The van der Waals surface area contributed by atoms with E-state index in [1.165, 1.54) is 0 Å². The van der Waals surface area contributed by atoms with Crippen LogP contribution in [0.25, 0.3) is 0 Å². The lowest BCUT2D eigenvalue weighted by atomic mass is 9.97. The number of carbonyl (C=O) groups is 1. The summed E-state index contributed by atoms with van der Waals surface area (Å²) >= 11 is 12.5. The molecule has 3 nitrogen and oxygen atoms in total. The molecule has 1 N–H and O–H groups in total. The zero-order chi connectivity index (χ0) is 20.0. The molecule has 0 aliphatic carbocycles. The number of likely N-dealkylation sites (N-methyl/N-ethyl adjacent to an activating group) is 1. The summed E-state index contributed by atoms with van der Waals surface area (Å²) < 4.78 is 0. The summed E-state index contributed by atoms with van der Waals surface area (Å²) in [5, 5.41) is 3.86. The number of hydrogen-bond donors (Lipinski definition) is 1. The Morgan fingerprint density at radius 2 is 1.63 bits per heavy atom. The molecule has 0 aliphatic heterocycles. The van der Waals surface area contributed by atoms with Gasteiger partial charge in [-0.3, -0.25) is 4.79 Å². The molecular weight excluding hydrogens is 379 g/mol. The standard InChI is InChI=1S/C22H28Cl2N2O/c1-5-15(2)14-26(4)16(3)21(17-10-7-6-8-11-17)25-22(27)20-18(23)12-9-13-19(20)24/h6-13,15-16,21H,5,14H2,1-4H3,(H,25,27)/t15?,16?,21-/m0/s1. The predicted molar refractivity (Wildman–Crippen MR) is 115 cm³/mol. The van der Waals surface area contributed by atoms with Crippen molar-refractivity contribution in [1.29, 1.82) is 0 Å². The van der Waals surface area contributed by atoms with Gasteiger partial charge in [0.25, 0.3) is 5.91 Å². The van der Waals surface area contributed by atoms with Crippen molar-refractivity contribution in [2.24, 2.45) is 5.92 Å². The minimum atomic E-state index is -0.261. The third kappa shape index (κ3) is 5.71. The molecule has 0 heterocycles. The Morgan fingerprint density at radius 3 is 2.19 bits per heavy atom. The van der Waals surface area contributed by atoms with Crippen LogP contribution in [0.3, 0.4) is 0 Å². The first-order valence-electron chi connectivity index (χ1n) is 9.35. The maximum absolute atomic E-state index is 13.0. The highest BCUT2D eigenvalue weighted by molar-refractivity contribution is 6.39. The molecule has 0 radical (unpaired) electrons. The number of halogens is 2. The number of amides is 1. The van der Waals surface area contributed by atoms with Gasteiger partial charge in [0.15, 0.2) is 0 Å². The van der Waals surface area contributed by atoms with Gasteiger partial charge in [0.2, 0.25) is 0 Å². The normalized spacial score (nSPS) is 14.6. The van der Waals surface area contributed by atoms with Crippen LogP contribution < -0.4 is 5.32 Å². The van der Waals surface area contributed by atoms with Crippen molar-refractivity contribution in [1.82, 2.24) is 10.2 Å². The van der Waals surface area contributed by atoms with E-state index in [0.717, 1.165) is 18.5 Å². The second kappa shape index (κ2) is 10.1. The lowest BCUT2D eigenvalue weighted by Gasteiger charge is -2.34. The Kier molecular flexibility index (Phi) is 8.15. The summed E-state index contributed by atoms with van der Waals surface area (Å²) in [5.74, 6) is 0.325. The molecule has 0 saturated heterocycles. The van der Waals surface area contributed by atoms with Crippen molar-refractivity contribution in [2.45, 2.75) is 39.3 Å². The summed E-state index contributed by atoms with van der Waals surface area (Å²) in [7, 11) is 2.10. The smallest absolute Gasteiger partial charge is 0.254 e. The first-order chi connectivity index (χ1) is 12.8. The van der Waals surface area contributed by atoms with Crippen LogP contribution in [-0.4, -0.2) is 30.4 Å². The van der Waals surface area contributed by atoms with Gasteiger partial charge >= 0.3 is 0 Å². The molecule has 0 fully saturated rings. The molecule has 0 aliphatic rings. The number of rotatable bonds is 8. The lowest BCUT2D eigenvalue weighted by molar-refractivity contribution is 0.0900. The van der Waals surface area contributed by atoms with E-state index in [9.17, 15) is 4.79 Å². The van der Waals surface area contributed by atoms with E-state index in [1.54, 1.807) is 18.2 Å². The second-order valence-electron chi connectivity index (χ2n) is 7.15. The van der Waals surface area contributed by atoms with Gasteiger partial charge in [-0.2, -0.15) is 0 Å². The monoisotopic (exact) mass is 406 g/mol. The molecule has 27 heavy (non-hydrogen) atoms.